The quantitative estimate of drug-likeness (QED) is 0.492. The maximum Gasteiger partial charge on any atom is 0.128 e. The van der Waals surface area contributed by atoms with Crippen LogP contribution in [-0.4, -0.2) is 30.6 Å². The average molecular weight is 430 g/mol. The van der Waals surface area contributed by atoms with Gasteiger partial charge in [0.05, 0.1) is 37.6 Å². The van der Waals surface area contributed by atoms with Gasteiger partial charge >= 0.3 is 0 Å². The highest BCUT2D eigenvalue weighted by atomic mass is 16.6. The van der Waals surface area contributed by atoms with Crippen LogP contribution in [0.3, 0.4) is 0 Å². The second-order valence-electron chi connectivity index (χ2n) is 8.16. The molecule has 5 rings (SSSR count). The lowest BCUT2D eigenvalue weighted by atomic mass is 10.1. The topological polar surface area (TPSA) is 49.3 Å². The second-order valence-corrected chi connectivity index (χ2v) is 8.16. The Hall–Kier alpha value is -2.99. The van der Waals surface area contributed by atoms with Crippen LogP contribution in [-0.2, 0) is 38.9 Å². The van der Waals surface area contributed by atoms with Crippen LogP contribution in [0.15, 0.2) is 96.2 Å². The number of rotatable bonds is 9. The van der Waals surface area contributed by atoms with Crippen LogP contribution in [0, 0.1) is 5.92 Å². The molecule has 3 aromatic carbocycles. The lowest BCUT2D eigenvalue weighted by Crippen LogP contribution is -2.38. The van der Waals surface area contributed by atoms with E-state index in [1.165, 1.54) is 0 Å². The van der Waals surface area contributed by atoms with Crippen LogP contribution in [0.25, 0.3) is 0 Å². The van der Waals surface area contributed by atoms with E-state index in [1.807, 2.05) is 54.6 Å². The maximum atomic E-state index is 6.44. The van der Waals surface area contributed by atoms with Gasteiger partial charge in [-0.3, -0.25) is 0 Å². The van der Waals surface area contributed by atoms with Crippen LogP contribution in [0.2, 0.25) is 0 Å². The highest BCUT2D eigenvalue weighted by Crippen LogP contribution is 2.36. The fourth-order valence-electron chi connectivity index (χ4n) is 4.31. The lowest BCUT2D eigenvalue weighted by Gasteiger charge is -2.27. The molecule has 0 radical (unpaired) electrons. The molecule has 1 saturated carbocycles. The fourth-order valence-corrected chi connectivity index (χ4v) is 4.31. The lowest BCUT2D eigenvalue weighted by molar-refractivity contribution is -0.129. The summed E-state index contributed by atoms with van der Waals surface area (Å²) in [6.07, 6.45) is -0.775. The molecule has 2 aliphatic rings. The molecule has 0 saturated heterocycles. The second kappa shape index (κ2) is 10.1. The molecule has 3 aromatic rings. The molecule has 0 bridgehead atoms. The predicted octanol–water partition coefficient (Wildman–Crippen LogP) is 4.76. The third-order valence-corrected chi connectivity index (χ3v) is 5.96. The van der Waals surface area contributed by atoms with Gasteiger partial charge in [0.1, 0.15) is 18.8 Å². The van der Waals surface area contributed by atoms with Crippen molar-refractivity contribution in [3.8, 4) is 0 Å². The van der Waals surface area contributed by atoms with Gasteiger partial charge in [-0.05, 0) is 16.7 Å². The monoisotopic (exact) mass is 429 g/mol. The van der Waals surface area contributed by atoms with Crippen molar-refractivity contribution in [1.29, 1.82) is 0 Å². The summed E-state index contributed by atoms with van der Waals surface area (Å²) in [4.78, 5) is 5.46. The van der Waals surface area contributed by atoms with Crippen molar-refractivity contribution in [3.05, 3.63) is 108 Å². The summed E-state index contributed by atoms with van der Waals surface area (Å²) in [6.45, 7) is 1.97. The van der Waals surface area contributed by atoms with Crippen LogP contribution in [0.1, 0.15) is 16.7 Å². The first-order chi connectivity index (χ1) is 15.9. The number of hydrogen-bond acceptors (Lipinski definition) is 5. The van der Waals surface area contributed by atoms with Crippen molar-refractivity contribution >= 4 is 5.71 Å². The fraction of sp³-hybridized carbons (Fsp3) is 0.296. The highest BCUT2D eigenvalue weighted by molar-refractivity contribution is 5.95. The maximum absolute atomic E-state index is 6.44. The summed E-state index contributed by atoms with van der Waals surface area (Å²) >= 11 is 0. The minimum Gasteiger partial charge on any atom is -0.395 e. The van der Waals surface area contributed by atoms with Gasteiger partial charge in [0.2, 0.25) is 0 Å². The zero-order valence-corrected chi connectivity index (χ0v) is 17.9. The van der Waals surface area contributed by atoms with Gasteiger partial charge in [0.15, 0.2) is 0 Å². The van der Waals surface area contributed by atoms with E-state index in [0.717, 1.165) is 22.4 Å². The van der Waals surface area contributed by atoms with E-state index >= 15 is 0 Å². The minimum absolute atomic E-state index is 0.0280. The number of hydrogen-bond donors (Lipinski definition) is 0. The molecule has 5 nitrogen and oxygen atoms in total. The van der Waals surface area contributed by atoms with E-state index in [-0.39, 0.29) is 24.2 Å². The van der Waals surface area contributed by atoms with E-state index in [0.29, 0.717) is 26.4 Å². The van der Waals surface area contributed by atoms with Crippen LogP contribution in [0.4, 0.5) is 0 Å². The summed E-state index contributed by atoms with van der Waals surface area (Å²) < 4.78 is 19.2. The summed E-state index contributed by atoms with van der Waals surface area (Å²) in [5.74, 6) is 0.0280. The Labute approximate surface area is 188 Å². The molecule has 0 unspecified atom stereocenters. The van der Waals surface area contributed by atoms with Gasteiger partial charge in [-0.2, -0.15) is 0 Å². The first-order valence-corrected chi connectivity index (χ1v) is 11.0. The van der Waals surface area contributed by atoms with Gasteiger partial charge in [0.25, 0.3) is 0 Å². The van der Waals surface area contributed by atoms with E-state index < -0.39 is 0 Å². The molecule has 5 heteroatoms. The molecule has 1 aliphatic heterocycles. The predicted molar refractivity (Wildman–Crippen MR) is 122 cm³/mol. The molecule has 0 amide bonds. The third-order valence-electron chi connectivity index (χ3n) is 5.96. The van der Waals surface area contributed by atoms with Crippen molar-refractivity contribution in [2.24, 2.45) is 11.1 Å². The first-order valence-electron chi connectivity index (χ1n) is 11.0. The van der Waals surface area contributed by atoms with Gasteiger partial charge < -0.3 is 19.0 Å². The van der Waals surface area contributed by atoms with Gasteiger partial charge in [-0.1, -0.05) is 96.2 Å². The van der Waals surface area contributed by atoms with Crippen molar-refractivity contribution < 1.29 is 19.0 Å². The summed E-state index contributed by atoms with van der Waals surface area (Å²) in [5, 5.41) is 4.33. The van der Waals surface area contributed by atoms with E-state index in [4.69, 9.17) is 19.0 Å². The zero-order valence-electron chi connectivity index (χ0n) is 17.9. The molecule has 32 heavy (non-hydrogen) atoms. The normalized spacial score (nSPS) is 24.1. The van der Waals surface area contributed by atoms with Crippen LogP contribution in [0.5, 0.6) is 0 Å². The van der Waals surface area contributed by atoms with E-state index in [2.05, 4.69) is 41.6 Å². The SMILES string of the molecule is c1ccc(CO[C@H]2[C@H](OCc3ccccc3)[C@H](OCc3ccccc3)C3=NOC[C@H]32)cc1. The standard InChI is InChI=1S/C27H27NO4/c1-4-10-20(11-5-1)16-29-25-23-19-32-28-24(23)26(30-17-21-12-6-2-7-13-21)27(25)31-18-22-14-8-3-9-15-22/h1-15,23,25-27H,16-19H2/t23-,25-,26-,27+/m1/s1. The number of nitrogens with zero attached hydrogens (tertiary/aromatic N) is 1. The van der Waals surface area contributed by atoms with Gasteiger partial charge in [-0.25, -0.2) is 0 Å². The molecule has 1 aliphatic carbocycles. The van der Waals surface area contributed by atoms with Crippen molar-refractivity contribution in [1.82, 2.24) is 0 Å². The Kier molecular flexibility index (Phi) is 6.58. The Balaban J connectivity index is 1.35. The molecular weight excluding hydrogens is 402 g/mol. The molecule has 0 spiro atoms. The molecule has 4 atom stereocenters. The van der Waals surface area contributed by atoms with Gasteiger partial charge in [-0.15, -0.1) is 0 Å². The van der Waals surface area contributed by atoms with Crippen LogP contribution < -0.4 is 0 Å². The third kappa shape index (κ3) is 4.75. The zero-order chi connectivity index (χ0) is 21.6. The molecule has 1 heterocycles. The number of oxime groups is 1. The van der Waals surface area contributed by atoms with E-state index in [9.17, 15) is 0 Å². The summed E-state index contributed by atoms with van der Waals surface area (Å²) in [5.41, 5.74) is 4.24. The average Bonchev–Trinajstić information content (AvgIpc) is 3.43. The first kappa shape index (κ1) is 20.9. The molecule has 1 fully saturated rings. The van der Waals surface area contributed by atoms with Crippen molar-refractivity contribution in [2.45, 2.75) is 38.1 Å². The molecule has 0 N–H and O–H groups in total. The van der Waals surface area contributed by atoms with E-state index in [1.54, 1.807) is 0 Å². The van der Waals surface area contributed by atoms with Crippen LogP contribution >= 0.6 is 0 Å². The number of benzene rings is 3. The molecule has 164 valence electrons. The summed E-state index contributed by atoms with van der Waals surface area (Å²) in [7, 11) is 0. The number of fused-ring (bicyclic) bond motifs is 1. The smallest absolute Gasteiger partial charge is 0.128 e. The Morgan fingerprint density at radius 1 is 0.625 bits per heavy atom. The molecular formula is C27H27NO4. The van der Waals surface area contributed by atoms with Crippen molar-refractivity contribution in [3.63, 3.8) is 0 Å². The Bertz CT molecular complexity index is 1010. The minimum atomic E-state index is -0.313. The van der Waals surface area contributed by atoms with Crippen molar-refractivity contribution in [2.75, 3.05) is 6.61 Å². The Morgan fingerprint density at radius 3 is 1.62 bits per heavy atom. The summed E-state index contributed by atoms with van der Waals surface area (Å²) in [6, 6.07) is 30.5. The largest absolute Gasteiger partial charge is 0.395 e. The van der Waals surface area contributed by atoms with Gasteiger partial charge in [0, 0.05) is 0 Å². The Morgan fingerprint density at radius 2 is 1.09 bits per heavy atom. The highest BCUT2D eigenvalue weighted by Gasteiger charge is 2.53. The molecule has 0 aromatic heterocycles. The number of ether oxygens (including phenoxy) is 3.